The molecule has 4 aliphatic rings. The monoisotopic (exact) mass is 390 g/mol. The summed E-state index contributed by atoms with van der Waals surface area (Å²) >= 11 is 0. The van der Waals surface area contributed by atoms with Crippen LogP contribution in [0.4, 0.5) is 0 Å². The van der Waals surface area contributed by atoms with Crippen LogP contribution >= 0.6 is 0 Å². The van der Waals surface area contributed by atoms with E-state index < -0.39 is 75.6 Å². The highest BCUT2D eigenvalue weighted by atomic mass is 16.7. The molecular weight excluding hydrogens is 372 g/mol. The highest BCUT2D eigenvalue weighted by Crippen LogP contribution is 2.71. The van der Waals surface area contributed by atoms with Crippen LogP contribution in [0.1, 0.15) is 46.9 Å². The molecular formula is C19H18O9. The number of rotatable bonds is 0. The number of carbonyl (C=O) groups is 3. The van der Waals surface area contributed by atoms with Crippen molar-refractivity contribution in [3.8, 4) is 5.75 Å². The minimum atomic E-state index is -3.09. The van der Waals surface area contributed by atoms with Gasteiger partial charge in [-0.3, -0.25) is 14.4 Å². The number of Topliss-reactive ketones (excluding diaryl/α,β-unsaturated/α-hetero) is 3. The van der Waals surface area contributed by atoms with Crippen molar-refractivity contribution >= 4 is 17.3 Å². The van der Waals surface area contributed by atoms with Gasteiger partial charge in [0.25, 0.3) is 0 Å². The number of ketones is 3. The van der Waals surface area contributed by atoms with Gasteiger partial charge >= 0.3 is 0 Å². The Kier molecular flexibility index (Phi) is 2.89. The van der Waals surface area contributed by atoms with Gasteiger partial charge in [-0.15, -0.1) is 0 Å². The number of carbonyl (C=O) groups excluding carboxylic acids is 3. The summed E-state index contributed by atoms with van der Waals surface area (Å²) in [5.74, 6) is -3.89. The van der Waals surface area contributed by atoms with Crippen molar-refractivity contribution in [2.24, 2.45) is 0 Å². The lowest BCUT2D eigenvalue weighted by atomic mass is 9.49. The number of benzene rings is 1. The quantitative estimate of drug-likeness (QED) is 0.336. The van der Waals surface area contributed by atoms with Crippen molar-refractivity contribution in [1.82, 2.24) is 0 Å². The average molecular weight is 390 g/mol. The van der Waals surface area contributed by atoms with Crippen molar-refractivity contribution < 1.29 is 44.7 Å². The topological polar surface area (TPSA) is 165 Å². The van der Waals surface area contributed by atoms with Crippen LogP contribution in [0.5, 0.6) is 5.75 Å². The highest BCUT2D eigenvalue weighted by Gasteiger charge is 2.95. The molecule has 1 aromatic carbocycles. The molecule has 148 valence electrons. The van der Waals surface area contributed by atoms with Gasteiger partial charge in [-0.05, 0) is 13.0 Å². The summed E-state index contributed by atoms with van der Waals surface area (Å²) in [6.07, 6.45) is -3.05. The Morgan fingerprint density at radius 1 is 1.11 bits per heavy atom. The first-order valence-corrected chi connectivity index (χ1v) is 8.88. The SMILES string of the molecule is CC1(O)CC(=O)C23OC2(CC(O)C2(O)C(=O)c4c(O)cccc4C(=O)C23O)C1. The van der Waals surface area contributed by atoms with Gasteiger partial charge in [-0.2, -0.15) is 0 Å². The molecule has 28 heavy (non-hydrogen) atoms. The van der Waals surface area contributed by atoms with E-state index in [4.69, 9.17) is 4.74 Å². The fourth-order valence-electron chi connectivity index (χ4n) is 5.72. The van der Waals surface area contributed by atoms with Gasteiger partial charge in [0.1, 0.15) is 11.4 Å². The molecule has 1 aromatic rings. The molecule has 6 atom stereocenters. The van der Waals surface area contributed by atoms with Crippen LogP contribution in [0.15, 0.2) is 18.2 Å². The average Bonchev–Trinajstić information content (AvgIpc) is 3.26. The molecule has 1 aliphatic heterocycles. The van der Waals surface area contributed by atoms with Crippen molar-refractivity contribution in [2.75, 3.05) is 0 Å². The molecule has 0 radical (unpaired) electrons. The molecule has 3 aliphatic carbocycles. The molecule has 5 rings (SSSR count). The zero-order valence-electron chi connectivity index (χ0n) is 14.8. The molecule has 2 saturated carbocycles. The molecule has 3 fully saturated rings. The zero-order chi connectivity index (χ0) is 20.5. The summed E-state index contributed by atoms with van der Waals surface area (Å²) in [6, 6.07) is 3.59. The maximum atomic E-state index is 13.3. The predicted octanol–water partition coefficient (Wildman–Crippen LogP) is -1.38. The molecule has 0 spiro atoms. The van der Waals surface area contributed by atoms with E-state index in [0.29, 0.717) is 0 Å². The second-order valence-corrected chi connectivity index (χ2v) is 8.61. The molecule has 9 nitrogen and oxygen atoms in total. The molecule has 0 bridgehead atoms. The Bertz CT molecular complexity index is 999. The fourth-order valence-corrected chi connectivity index (χ4v) is 5.72. The van der Waals surface area contributed by atoms with Crippen molar-refractivity contribution in [3.63, 3.8) is 0 Å². The van der Waals surface area contributed by atoms with E-state index in [1.54, 1.807) is 0 Å². The predicted molar refractivity (Wildman–Crippen MR) is 88.7 cm³/mol. The van der Waals surface area contributed by atoms with Crippen molar-refractivity contribution in [1.29, 1.82) is 0 Å². The normalized spacial score (nSPS) is 49.0. The number of aromatic hydroxyl groups is 1. The van der Waals surface area contributed by atoms with Crippen LogP contribution in [0.3, 0.4) is 0 Å². The smallest absolute Gasteiger partial charge is 0.205 e. The highest BCUT2D eigenvalue weighted by molar-refractivity contribution is 6.26. The second-order valence-electron chi connectivity index (χ2n) is 8.61. The van der Waals surface area contributed by atoms with Crippen LogP contribution in [-0.4, -0.2) is 77.0 Å². The molecule has 9 heteroatoms. The van der Waals surface area contributed by atoms with Crippen LogP contribution in [0, 0.1) is 0 Å². The summed E-state index contributed by atoms with van der Waals surface area (Å²) in [7, 11) is 0. The van der Waals surface area contributed by atoms with Crippen LogP contribution in [0.2, 0.25) is 0 Å². The van der Waals surface area contributed by atoms with E-state index in [0.717, 1.165) is 6.07 Å². The van der Waals surface area contributed by atoms with Gasteiger partial charge in [-0.25, -0.2) is 0 Å². The van der Waals surface area contributed by atoms with E-state index in [2.05, 4.69) is 0 Å². The first-order chi connectivity index (χ1) is 12.9. The number of ether oxygens (including phenoxy) is 1. The van der Waals surface area contributed by atoms with E-state index in [1.165, 1.54) is 19.1 Å². The van der Waals surface area contributed by atoms with Gasteiger partial charge in [0, 0.05) is 24.8 Å². The Labute approximate surface area is 158 Å². The number of hydrogen-bond donors (Lipinski definition) is 5. The number of fused-ring (bicyclic) bond motifs is 2. The Hall–Kier alpha value is -2.17. The Morgan fingerprint density at radius 2 is 1.79 bits per heavy atom. The van der Waals surface area contributed by atoms with Crippen LogP contribution in [0.25, 0.3) is 0 Å². The molecule has 0 amide bonds. The van der Waals surface area contributed by atoms with Gasteiger partial charge in [0.05, 0.1) is 17.3 Å². The number of phenols is 1. The van der Waals surface area contributed by atoms with E-state index in [-0.39, 0.29) is 12.0 Å². The largest absolute Gasteiger partial charge is 0.507 e. The molecule has 1 saturated heterocycles. The van der Waals surface area contributed by atoms with Gasteiger partial charge in [0.2, 0.25) is 17.2 Å². The van der Waals surface area contributed by atoms with E-state index in [1.807, 2.05) is 0 Å². The summed E-state index contributed by atoms with van der Waals surface area (Å²) in [6.45, 7) is 1.39. The maximum absolute atomic E-state index is 13.3. The number of hydrogen-bond acceptors (Lipinski definition) is 9. The van der Waals surface area contributed by atoms with E-state index in [9.17, 15) is 39.9 Å². The van der Waals surface area contributed by atoms with Crippen molar-refractivity contribution in [2.45, 2.75) is 60.3 Å². The fraction of sp³-hybridized carbons (Fsp3) is 0.526. The Balaban J connectivity index is 1.82. The minimum absolute atomic E-state index is 0.171. The van der Waals surface area contributed by atoms with Crippen LogP contribution in [-0.2, 0) is 9.53 Å². The molecule has 6 unspecified atom stereocenters. The van der Waals surface area contributed by atoms with Gasteiger partial charge < -0.3 is 30.3 Å². The van der Waals surface area contributed by atoms with Gasteiger partial charge in [-0.1, -0.05) is 12.1 Å². The Morgan fingerprint density at radius 3 is 2.46 bits per heavy atom. The lowest BCUT2D eigenvalue weighted by Gasteiger charge is -2.54. The van der Waals surface area contributed by atoms with E-state index >= 15 is 0 Å². The second kappa shape index (κ2) is 4.52. The number of aliphatic hydroxyl groups excluding tert-OH is 1. The maximum Gasteiger partial charge on any atom is 0.205 e. The number of phenolic OH excluding ortho intramolecular Hbond substituents is 1. The zero-order valence-corrected chi connectivity index (χ0v) is 14.8. The number of aliphatic hydroxyl groups is 4. The molecule has 0 aromatic heterocycles. The minimum Gasteiger partial charge on any atom is -0.507 e. The third-order valence-electron chi connectivity index (χ3n) is 6.80. The number of epoxide rings is 1. The lowest BCUT2D eigenvalue weighted by molar-refractivity contribution is -0.201. The molecule has 5 N–H and O–H groups in total. The summed E-state index contributed by atoms with van der Waals surface area (Å²) in [5, 5.41) is 53.9. The molecule has 1 heterocycles. The van der Waals surface area contributed by atoms with Crippen LogP contribution < -0.4 is 0 Å². The first kappa shape index (κ1) is 17.9. The summed E-state index contributed by atoms with van der Waals surface area (Å²) in [4.78, 5) is 39.4. The third-order valence-corrected chi connectivity index (χ3v) is 6.80. The standard InChI is InChI=1S/C19H18O9/c1-15(25)5-11(22)19-16(7-15,28-19)6-10(21)17(26)14(24)12-8(3-2-4-9(12)20)13(23)18(17,19)27/h2-4,10,20-21,25-27H,5-7H2,1H3. The van der Waals surface area contributed by atoms with Gasteiger partial charge in [0.15, 0.2) is 17.0 Å². The third kappa shape index (κ3) is 1.51. The summed E-state index contributed by atoms with van der Waals surface area (Å²) in [5.41, 5.74) is -12.4. The first-order valence-electron chi connectivity index (χ1n) is 8.88. The summed E-state index contributed by atoms with van der Waals surface area (Å²) < 4.78 is 5.62. The van der Waals surface area contributed by atoms with Crippen molar-refractivity contribution in [3.05, 3.63) is 29.3 Å². The lowest BCUT2D eigenvalue weighted by Crippen LogP contribution is -2.83.